The van der Waals surface area contributed by atoms with Crippen molar-refractivity contribution in [2.45, 2.75) is 72.5 Å². The van der Waals surface area contributed by atoms with Gasteiger partial charge in [-0.1, -0.05) is 0 Å². The SMILES string of the molecule is CC(C)(C)C(=O)OCOP(=O)(OCOC(=O)C(C)(C)C)OC[C@@]1(C)O[C@@H](n2ccc(=O)[nH]c2=O)[C@H](O)[C@@H]1O. The van der Waals surface area contributed by atoms with Crippen molar-refractivity contribution >= 4 is 19.8 Å². The average molecular weight is 566 g/mol. The van der Waals surface area contributed by atoms with E-state index in [2.05, 4.69) is 0 Å². The molecule has 38 heavy (non-hydrogen) atoms. The van der Waals surface area contributed by atoms with Gasteiger partial charge in [0.05, 0.1) is 17.4 Å². The molecular weight excluding hydrogens is 531 g/mol. The molecule has 3 N–H and O–H groups in total. The second-order valence-corrected chi connectivity index (χ2v) is 12.5. The zero-order chi connectivity index (χ0) is 29.1. The normalized spacial score (nSPS) is 24.3. The highest BCUT2D eigenvalue weighted by molar-refractivity contribution is 7.48. The minimum Gasteiger partial charge on any atom is -0.437 e. The van der Waals surface area contributed by atoms with Crippen molar-refractivity contribution in [3.63, 3.8) is 0 Å². The van der Waals surface area contributed by atoms with Crippen LogP contribution in [0.4, 0.5) is 0 Å². The molecular formula is C22H35N2O13P. The Morgan fingerprint density at radius 3 is 1.97 bits per heavy atom. The molecule has 1 fully saturated rings. The number of phosphoric ester groups is 1. The van der Waals surface area contributed by atoms with Crippen molar-refractivity contribution in [3.8, 4) is 0 Å². The van der Waals surface area contributed by atoms with Gasteiger partial charge in [0, 0.05) is 12.3 Å². The van der Waals surface area contributed by atoms with Gasteiger partial charge in [-0.15, -0.1) is 0 Å². The van der Waals surface area contributed by atoms with E-state index >= 15 is 0 Å². The van der Waals surface area contributed by atoms with Gasteiger partial charge in [-0.2, -0.15) is 0 Å². The monoisotopic (exact) mass is 566 g/mol. The molecule has 0 aromatic carbocycles. The van der Waals surface area contributed by atoms with Crippen molar-refractivity contribution in [1.82, 2.24) is 9.55 Å². The van der Waals surface area contributed by atoms with Crippen molar-refractivity contribution in [1.29, 1.82) is 0 Å². The van der Waals surface area contributed by atoms with Crippen LogP contribution in [-0.2, 0) is 41.9 Å². The summed E-state index contributed by atoms with van der Waals surface area (Å²) in [7, 11) is -4.63. The van der Waals surface area contributed by atoms with Crippen molar-refractivity contribution in [2.24, 2.45) is 10.8 Å². The van der Waals surface area contributed by atoms with Gasteiger partial charge in [0.15, 0.2) is 6.23 Å². The van der Waals surface area contributed by atoms with Crippen molar-refractivity contribution in [2.75, 3.05) is 20.2 Å². The molecule has 0 bridgehead atoms. The van der Waals surface area contributed by atoms with E-state index in [-0.39, 0.29) is 0 Å². The number of aromatic amines is 1. The molecule has 0 aliphatic carbocycles. The summed E-state index contributed by atoms with van der Waals surface area (Å²) < 4.78 is 45.0. The number of ether oxygens (including phenoxy) is 3. The number of aliphatic hydroxyl groups is 2. The summed E-state index contributed by atoms with van der Waals surface area (Å²) in [6.45, 7) is 8.39. The summed E-state index contributed by atoms with van der Waals surface area (Å²) in [5.41, 5.74) is -5.14. The first-order chi connectivity index (χ1) is 17.3. The van der Waals surface area contributed by atoms with Gasteiger partial charge >= 0.3 is 25.5 Å². The molecule has 0 radical (unpaired) electrons. The number of nitrogens with one attached hydrogen (secondary N) is 1. The average Bonchev–Trinajstić information content (AvgIpc) is 3.01. The summed E-state index contributed by atoms with van der Waals surface area (Å²) in [6, 6.07) is 1.02. The Hall–Kier alpha value is -2.39. The predicted molar refractivity (Wildman–Crippen MR) is 128 cm³/mol. The lowest BCUT2D eigenvalue weighted by molar-refractivity contribution is -0.164. The Labute approximate surface area is 218 Å². The Morgan fingerprint density at radius 1 is 1.03 bits per heavy atom. The minimum absolute atomic E-state index is 0.679. The highest BCUT2D eigenvalue weighted by atomic mass is 31.2. The van der Waals surface area contributed by atoms with Crippen LogP contribution in [0, 0.1) is 10.8 Å². The molecule has 0 saturated carbocycles. The molecule has 2 rings (SSSR count). The second-order valence-electron chi connectivity index (χ2n) is 10.9. The molecule has 15 nitrogen and oxygen atoms in total. The van der Waals surface area contributed by atoms with Crippen LogP contribution < -0.4 is 11.2 Å². The van der Waals surface area contributed by atoms with Crippen LogP contribution in [-0.4, -0.2) is 69.7 Å². The number of rotatable bonds is 10. The van der Waals surface area contributed by atoms with Gasteiger partial charge in [-0.05, 0) is 48.5 Å². The van der Waals surface area contributed by atoms with E-state index in [0.717, 1.165) is 16.8 Å². The minimum atomic E-state index is -4.63. The van der Waals surface area contributed by atoms with E-state index < -0.39 is 86.1 Å². The third-order valence-corrected chi connectivity index (χ3v) is 6.58. The number of hydrogen-bond acceptors (Lipinski definition) is 13. The quantitative estimate of drug-likeness (QED) is 0.204. The van der Waals surface area contributed by atoms with Gasteiger partial charge in [0.25, 0.3) is 5.56 Å². The summed E-state index contributed by atoms with van der Waals surface area (Å²) >= 11 is 0. The van der Waals surface area contributed by atoms with Crippen LogP contribution in [0.3, 0.4) is 0 Å². The van der Waals surface area contributed by atoms with E-state index in [1.165, 1.54) is 6.92 Å². The van der Waals surface area contributed by atoms with E-state index in [9.17, 15) is 34.0 Å². The molecule has 0 spiro atoms. The van der Waals surface area contributed by atoms with Gasteiger partial charge in [-0.25, -0.2) is 18.4 Å². The van der Waals surface area contributed by atoms with Gasteiger partial charge in [-0.3, -0.25) is 28.5 Å². The Kier molecular flexibility index (Phi) is 9.87. The molecule has 1 aromatic heterocycles. The molecule has 1 saturated heterocycles. The third kappa shape index (κ3) is 8.06. The number of H-pyrrole nitrogens is 1. The summed E-state index contributed by atoms with van der Waals surface area (Å²) in [4.78, 5) is 49.5. The number of nitrogens with zero attached hydrogens (tertiary/aromatic N) is 1. The number of aliphatic hydroxyl groups excluding tert-OH is 2. The molecule has 16 heteroatoms. The van der Waals surface area contributed by atoms with Gasteiger partial charge in [0.2, 0.25) is 13.6 Å². The van der Waals surface area contributed by atoms with Crippen LogP contribution in [0.1, 0.15) is 54.7 Å². The summed E-state index contributed by atoms with van der Waals surface area (Å²) in [6.07, 6.45) is -3.70. The molecule has 2 heterocycles. The van der Waals surface area contributed by atoms with Crippen LogP contribution in [0.2, 0.25) is 0 Å². The van der Waals surface area contributed by atoms with Gasteiger partial charge in [0.1, 0.15) is 17.8 Å². The lowest BCUT2D eigenvalue weighted by Gasteiger charge is -2.29. The maximum absolute atomic E-state index is 13.3. The Morgan fingerprint density at radius 2 is 1.53 bits per heavy atom. The zero-order valence-corrected chi connectivity index (χ0v) is 23.2. The number of carbonyl (C=O) groups excluding carboxylic acids is 2. The number of esters is 2. The fourth-order valence-electron chi connectivity index (χ4n) is 2.94. The smallest absolute Gasteiger partial charge is 0.437 e. The number of aromatic nitrogens is 2. The highest BCUT2D eigenvalue weighted by Crippen LogP contribution is 2.51. The van der Waals surface area contributed by atoms with Crippen molar-refractivity contribution < 1.29 is 52.1 Å². The molecule has 0 unspecified atom stereocenters. The van der Waals surface area contributed by atoms with E-state index in [1.54, 1.807) is 41.5 Å². The highest BCUT2D eigenvalue weighted by Gasteiger charge is 2.53. The van der Waals surface area contributed by atoms with E-state index in [4.69, 9.17) is 27.8 Å². The Balaban J connectivity index is 2.16. The number of hydrogen-bond donors (Lipinski definition) is 3. The third-order valence-electron chi connectivity index (χ3n) is 5.29. The standard InChI is InChI=1S/C22H35N2O13P/c1-20(2,3)17(28)32-11-35-38(31,36-12-33-18(29)21(4,5)6)34-10-22(7)15(27)14(26)16(37-22)24-9-8-13(25)23-19(24)30/h8-9,14-16,26-27H,10-12H2,1-7H3,(H,23,25,30)/t14-,15+,16-,22-/m1/s1. The van der Waals surface area contributed by atoms with Crippen LogP contribution >= 0.6 is 7.82 Å². The Bertz CT molecular complexity index is 1130. The number of carbonyl (C=O) groups is 2. The number of phosphoric acid groups is 1. The molecule has 1 aliphatic rings. The summed E-state index contributed by atoms with van der Waals surface area (Å²) in [5.74, 6) is -1.36. The lowest BCUT2D eigenvalue weighted by atomic mass is 9.98. The van der Waals surface area contributed by atoms with Crippen LogP contribution in [0.25, 0.3) is 0 Å². The molecule has 1 aliphatic heterocycles. The van der Waals surface area contributed by atoms with Gasteiger partial charge < -0.3 is 24.4 Å². The fraction of sp³-hybridized carbons (Fsp3) is 0.727. The van der Waals surface area contributed by atoms with E-state index in [0.29, 0.717) is 0 Å². The van der Waals surface area contributed by atoms with Crippen LogP contribution in [0.5, 0.6) is 0 Å². The topological polar surface area (TPSA) is 202 Å². The first kappa shape index (κ1) is 31.8. The molecule has 216 valence electrons. The van der Waals surface area contributed by atoms with Crippen molar-refractivity contribution in [3.05, 3.63) is 33.1 Å². The maximum atomic E-state index is 13.3. The van der Waals surface area contributed by atoms with E-state index in [1.807, 2.05) is 4.98 Å². The first-order valence-corrected chi connectivity index (χ1v) is 13.0. The van der Waals surface area contributed by atoms with Crippen LogP contribution in [0.15, 0.2) is 21.9 Å². The largest absolute Gasteiger partial charge is 0.480 e. The first-order valence-electron chi connectivity index (χ1n) is 11.5. The maximum Gasteiger partial charge on any atom is 0.480 e. The molecule has 0 amide bonds. The summed E-state index contributed by atoms with van der Waals surface area (Å²) in [5, 5.41) is 21.1. The molecule has 1 aromatic rings. The second kappa shape index (κ2) is 11.8. The zero-order valence-electron chi connectivity index (χ0n) is 22.3. The molecule has 4 atom stereocenters. The lowest BCUT2D eigenvalue weighted by Crippen LogP contribution is -2.44. The fourth-order valence-corrected chi connectivity index (χ4v) is 3.94. The predicted octanol–water partition coefficient (Wildman–Crippen LogP) is 0.797.